The predicted octanol–water partition coefficient (Wildman–Crippen LogP) is 2.19. The van der Waals surface area contributed by atoms with Crippen molar-refractivity contribution in [1.82, 2.24) is 4.90 Å². The maximum absolute atomic E-state index is 12.9. The quantitative estimate of drug-likeness (QED) is 0.706. The monoisotopic (exact) mass is 241 g/mol. The Hall–Kier alpha value is -0.650. The summed E-state index contributed by atoms with van der Waals surface area (Å²) in [5, 5.41) is 0. The number of Topliss-reactive ketones (excluding diaryl/α,β-unsaturated/α-hetero) is 1. The van der Waals surface area contributed by atoms with Gasteiger partial charge in [0.1, 0.15) is 5.78 Å². The summed E-state index contributed by atoms with van der Waals surface area (Å²) in [6.07, 6.45) is -3.50. The van der Waals surface area contributed by atoms with Gasteiger partial charge in [-0.1, -0.05) is 6.92 Å². The lowest BCUT2D eigenvalue weighted by Crippen LogP contribution is -2.52. The van der Waals surface area contributed by atoms with Crippen LogP contribution in [0.3, 0.4) is 0 Å². The zero-order valence-corrected chi connectivity index (χ0v) is 9.22. The second-order valence-electron chi connectivity index (χ2n) is 4.28. The van der Waals surface area contributed by atoms with Crippen LogP contribution in [0.1, 0.15) is 20.3 Å². The van der Waals surface area contributed by atoms with Crippen molar-refractivity contribution in [2.75, 3.05) is 13.1 Å². The molecule has 16 heavy (non-hydrogen) atoms. The summed E-state index contributed by atoms with van der Waals surface area (Å²) in [5.41, 5.74) is 0. The lowest BCUT2D eigenvalue weighted by atomic mass is 9.90. The fraction of sp³-hybridized carbons (Fsp3) is 0.900. The van der Waals surface area contributed by atoms with Crippen LogP contribution in [0.5, 0.6) is 0 Å². The molecule has 94 valence electrons. The first-order valence-electron chi connectivity index (χ1n) is 5.18. The van der Waals surface area contributed by atoms with E-state index in [1.165, 1.54) is 4.90 Å². The normalized spacial score (nSPS) is 28.8. The van der Waals surface area contributed by atoms with Crippen molar-refractivity contribution in [1.29, 1.82) is 0 Å². The summed E-state index contributed by atoms with van der Waals surface area (Å²) in [6.45, 7) is 2.40. The average molecular weight is 241 g/mol. The first kappa shape index (κ1) is 13.4. The van der Waals surface area contributed by atoms with Crippen LogP contribution in [0.25, 0.3) is 0 Å². The van der Waals surface area contributed by atoms with Crippen molar-refractivity contribution in [3.8, 4) is 0 Å². The average Bonchev–Trinajstić information content (AvgIpc) is 2.19. The van der Waals surface area contributed by atoms with Crippen LogP contribution in [0.4, 0.5) is 17.6 Å². The molecule has 0 saturated carbocycles. The third-order valence-corrected chi connectivity index (χ3v) is 3.19. The Labute approximate surface area is 91.6 Å². The highest BCUT2D eigenvalue weighted by atomic mass is 19.3. The number of hydrogen-bond acceptors (Lipinski definition) is 2. The molecule has 1 aliphatic rings. The summed E-state index contributed by atoms with van der Waals surface area (Å²) in [4.78, 5) is 12.5. The summed E-state index contributed by atoms with van der Waals surface area (Å²) >= 11 is 0. The minimum Gasteiger partial charge on any atom is -0.299 e. The number of carbonyl (C=O) groups excluding carboxylic acids is 1. The van der Waals surface area contributed by atoms with Crippen molar-refractivity contribution in [2.24, 2.45) is 5.92 Å². The highest BCUT2D eigenvalue weighted by molar-refractivity contribution is 5.82. The molecule has 1 aliphatic heterocycles. The van der Waals surface area contributed by atoms with Gasteiger partial charge in [-0.3, -0.25) is 9.69 Å². The summed E-state index contributed by atoms with van der Waals surface area (Å²) < 4.78 is 49.8. The molecule has 2 unspecified atom stereocenters. The van der Waals surface area contributed by atoms with E-state index in [0.29, 0.717) is 0 Å². The van der Waals surface area contributed by atoms with Crippen LogP contribution in [0, 0.1) is 5.92 Å². The Morgan fingerprint density at radius 1 is 1.44 bits per heavy atom. The molecule has 0 bridgehead atoms. The summed E-state index contributed by atoms with van der Waals surface area (Å²) in [5.74, 6) is -4.37. The van der Waals surface area contributed by atoms with E-state index in [4.69, 9.17) is 0 Å². The molecule has 0 N–H and O–H groups in total. The second kappa shape index (κ2) is 4.69. The molecule has 1 rings (SSSR count). The number of nitrogens with zero attached hydrogens (tertiary/aromatic N) is 1. The molecule has 1 saturated heterocycles. The molecule has 0 amide bonds. The number of ketones is 1. The molecular formula is C10H15F4NO. The van der Waals surface area contributed by atoms with Gasteiger partial charge >= 0.3 is 12.3 Å². The number of piperidine rings is 1. The van der Waals surface area contributed by atoms with Gasteiger partial charge in [0, 0.05) is 24.9 Å². The third-order valence-electron chi connectivity index (χ3n) is 3.19. The van der Waals surface area contributed by atoms with Gasteiger partial charge in [-0.25, -0.2) is 8.78 Å². The van der Waals surface area contributed by atoms with Crippen LogP contribution < -0.4 is 0 Å². The van der Waals surface area contributed by atoms with E-state index in [-0.39, 0.29) is 24.7 Å². The smallest absolute Gasteiger partial charge is 0.299 e. The Morgan fingerprint density at radius 2 is 2.00 bits per heavy atom. The maximum atomic E-state index is 12.9. The Bertz CT molecular complexity index is 270. The van der Waals surface area contributed by atoms with Crippen molar-refractivity contribution in [2.45, 2.75) is 38.7 Å². The van der Waals surface area contributed by atoms with Crippen LogP contribution >= 0.6 is 0 Å². The van der Waals surface area contributed by atoms with Crippen molar-refractivity contribution < 1.29 is 22.4 Å². The maximum Gasteiger partial charge on any atom is 0.319 e. The van der Waals surface area contributed by atoms with Crippen LogP contribution in [0.15, 0.2) is 0 Å². The van der Waals surface area contributed by atoms with Gasteiger partial charge in [-0.2, -0.15) is 8.78 Å². The van der Waals surface area contributed by atoms with E-state index in [2.05, 4.69) is 0 Å². The standard InChI is InChI=1S/C10H15F4NO/c1-6-7(2)15(4-3-8(6)16)5-10(13,14)9(11)12/h6-7,9H,3-5H2,1-2H3. The second-order valence-corrected chi connectivity index (χ2v) is 4.28. The minimum atomic E-state index is -4.01. The molecule has 2 nitrogen and oxygen atoms in total. The number of hydrogen-bond donors (Lipinski definition) is 0. The van der Waals surface area contributed by atoms with Gasteiger partial charge < -0.3 is 0 Å². The van der Waals surface area contributed by atoms with Gasteiger partial charge in [-0.15, -0.1) is 0 Å². The van der Waals surface area contributed by atoms with Gasteiger partial charge in [0.05, 0.1) is 6.54 Å². The Balaban J connectivity index is 2.65. The molecule has 0 aliphatic carbocycles. The molecule has 0 aromatic carbocycles. The Kier molecular flexibility index (Phi) is 3.93. The van der Waals surface area contributed by atoms with E-state index in [0.717, 1.165) is 0 Å². The number of likely N-dealkylation sites (tertiary alicyclic amines) is 1. The van der Waals surface area contributed by atoms with E-state index >= 15 is 0 Å². The molecule has 0 spiro atoms. The third kappa shape index (κ3) is 2.72. The lowest BCUT2D eigenvalue weighted by Gasteiger charge is -2.38. The summed E-state index contributed by atoms with van der Waals surface area (Å²) in [7, 11) is 0. The van der Waals surface area contributed by atoms with E-state index in [1.807, 2.05) is 0 Å². The van der Waals surface area contributed by atoms with E-state index in [1.54, 1.807) is 13.8 Å². The van der Waals surface area contributed by atoms with Crippen molar-refractivity contribution in [3.63, 3.8) is 0 Å². The largest absolute Gasteiger partial charge is 0.319 e. The predicted molar refractivity (Wildman–Crippen MR) is 50.8 cm³/mol. The number of alkyl halides is 4. The molecule has 0 aromatic heterocycles. The SMILES string of the molecule is CC1C(=O)CCN(CC(F)(F)C(F)F)C1C. The van der Waals surface area contributed by atoms with Gasteiger partial charge in [0.25, 0.3) is 0 Å². The van der Waals surface area contributed by atoms with Gasteiger partial charge in [-0.05, 0) is 6.92 Å². The van der Waals surface area contributed by atoms with Crippen LogP contribution in [0.2, 0.25) is 0 Å². The van der Waals surface area contributed by atoms with Crippen LogP contribution in [-0.4, -0.2) is 42.2 Å². The van der Waals surface area contributed by atoms with Crippen molar-refractivity contribution in [3.05, 3.63) is 0 Å². The molecular weight excluding hydrogens is 226 g/mol. The summed E-state index contributed by atoms with van der Waals surface area (Å²) in [6, 6.07) is -0.411. The van der Waals surface area contributed by atoms with Crippen molar-refractivity contribution >= 4 is 5.78 Å². The highest BCUT2D eigenvalue weighted by Gasteiger charge is 2.44. The fourth-order valence-corrected chi connectivity index (χ4v) is 1.83. The molecule has 6 heteroatoms. The van der Waals surface area contributed by atoms with Gasteiger partial charge in [0.2, 0.25) is 0 Å². The zero-order chi connectivity index (χ0) is 12.5. The minimum absolute atomic E-state index is 0.00381. The lowest BCUT2D eigenvalue weighted by molar-refractivity contribution is -0.154. The van der Waals surface area contributed by atoms with Gasteiger partial charge in [0.15, 0.2) is 0 Å². The zero-order valence-electron chi connectivity index (χ0n) is 9.22. The topological polar surface area (TPSA) is 20.3 Å². The number of halogens is 4. The first-order valence-corrected chi connectivity index (χ1v) is 5.18. The van der Waals surface area contributed by atoms with Crippen LogP contribution in [-0.2, 0) is 4.79 Å². The molecule has 1 heterocycles. The first-order chi connectivity index (χ1) is 7.25. The molecule has 0 radical (unpaired) electrons. The highest BCUT2D eigenvalue weighted by Crippen LogP contribution is 2.28. The van der Waals surface area contributed by atoms with E-state index in [9.17, 15) is 22.4 Å². The molecule has 0 aromatic rings. The fourth-order valence-electron chi connectivity index (χ4n) is 1.83. The Morgan fingerprint density at radius 3 is 2.50 bits per heavy atom. The molecule has 1 fully saturated rings. The number of rotatable bonds is 3. The van der Waals surface area contributed by atoms with E-state index < -0.39 is 24.9 Å². The molecule has 2 atom stereocenters. The number of carbonyl (C=O) groups is 1.